The highest BCUT2D eigenvalue weighted by molar-refractivity contribution is 7.13. The van der Waals surface area contributed by atoms with Crippen molar-refractivity contribution in [2.24, 2.45) is 5.73 Å². The van der Waals surface area contributed by atoms with Crippen molar-refractivity contribution in [1.29, 1.82) is 5.26 Å². The number of nitriles is 1. The monoisotopic (exact) mass is 331 g/mol. The van der Waals surface area contributed by atoms with Crippen molar-refractivity contribution in [2.45, 2.75) is 12.8 Å². The number of nitro groups is 1. The van der Waals surface area contributed by atoms with E-state index >= 15 is 0 Å². The summed E-state index contributed by atoms with van der Waals surface area (Å²) in [4.78, 5) is 22.6. The van der Waals surface area contributed by atoms with Gasteiger partial charge in [-0.15, -0.1) is 0 Å². The fourth-order valence-corrected chi connectivity index (χ4v) is 3.19. The molecule has 9 heteroatoms. The first-order valence-electron chi connectivity index (χ1n) is 6.37. The van der Waals surface area contributed by atoms with Crippen LogP contribution in [0, 0.1) is 28.4 Å². The minimum Gasteiger partial charge on any atom is -0.440 e. The summed E-state index contributed by atoms with van der Waals surface area (Å²) < 4.78 is 10.4. The molecule has 0 aromatic carbocycles. The van der Waals surface area contributed by atoms with Gasteiger partial charge in [0, 0.05) is 17.5 Å². The van der Waals surface area contributed by atoms with E-state index < -0.39 is 16.5 Å². The number of hydrogen-bond acceptors (Lipinski definition) is 8. The molecule has 2 aromatic rings. The van der Waals surface area contributed by atoms with E-state index in [2.05, 4.69) is 0 Å². The van der Waals surface area contributed by atoms with Gasteiger partial charge in [-0.3, -0.25) is 10.1 Å². The molecule has 1 aliphatic heterocycles. The Hall–Kier alpha value is -3.12. The largest absolute Gasteiger partial charge is 0.440 e. The van der Waals surface area contributed by atoms with Gasteiger partial charge in [0.2, 0.25) is 5.88 Å². The summed E-state index contributed by atoms with van der Waals surface area (Å²) in [5, 5.41) is 21.6. The van der Waals surface area contributed by atoms with Crippen LogP contribution < -0.4 is 16.1 Å². The van der Waals surface area contributed by atoms with Crippen LogP contribution in [0.4, 0.5) is 5.00 Å². The van der Waals surface area contributed by atoms with Crippen molar-refractivity contribution in [2.75, 3.05) is 0 Å². The normalized spacial score (nSPS) is 16.4. The van der Waals surface area contributed by atoms with E-state index in [-0.39, 0.29) is 27.8 Å². The van der Waals surface area contributed by atoms with Crippen molar-refractivity contribution in [3.63, 3.8) is 0 Å². The van der Waals surface area contributed by atoms with E-state index in [0.29, 0.717) is 11.3 Å². The molecule has 2 N–H and O–H groups in total. The molecule has 0 saturated carbocycles. The van der Waals surface area contributed by atoms with E-state index in [1.165, 1.54) is 17.5 Å². The molecule has 23 heavy (non-hydrogen) atoms. The Morgan fingerprint density at radius 3 is 2.83 bits per heavy atom. The van der Waals surface area contributed by atoms with Crippen molar-refractivity contribution in [3.8, 4) is 11.8 Å². The predicted molar refractivity (Wildman–Crippen MR) is 80.0 cm³/mol. The third kappa shape index (κ3) is 2.35. The maximum Gasteiger partial charge on any atom is 0.343 e. The van der Waals surface area contributed by atoms with Crippen molar-refractivity contribution < 1.29 is 14.1 Å². The summed E-state index contributed by atoms with van der Waals surface area (Å²) in [6, 6.07) is 4.71. The van der Waals surface area contributed by atoms with Crippen molar-refractivity contribution in [1.82, 2.24) is 0 Å². The number of hydrogen-bond donors (Lipinski definition) is 1. The number of ether oxygens (including phenoxy) is 1. The smallest absolute Gasteiger partial charge is 0.343 e. The lowest BCUT2D eigenvalue weighted by Crippen LogP contribution is -2.26. The fraction of sp³-hybridized carbons (Fsp3) is 0.143. The second-order valence-corrected chi connectivity index (χ2v) is 5.71. The van der Waals surface area contributed by atoms with Crippen LogP contribution in [-0.2, 0) is 0 Å². The van der Waals surface area contributed by atoms with Gasteiger partial charge in [0.05, 0.1) is 16.4 Å². The SMILES string of the molecule is Cc1cc2c(c(=O)o1)C(c1csc([N+](=O)[O-])c1)C(C#N)=C(N)O2. The van der Waals surface area contributed by atoms with Crippen LogP contribution in [0.2, 0.25) is 0 Å². The topological polar surface area (TPSA) is 132 Å². The maximum absolute atomic E-state index is 12.2. The van der Waals surface area contributed by atoms with Crippen molar-refractivity contribution >= 4 is 16.3 Å². The molecule has 0 radical (unpaired) electrons. The first-order chi connectivity index (χ1) is 10.9. The molecule has 1 aliphatic rings. The second-order valence-electron chi connectivity index (χ2n) is 4.82. The zero-order chi connectivity index (χ0) is 16.7. The zero-order valence-electron chi connectivity index (χ0n) is 11.7. The number of aryl methyl sites for hydroxylation is 1. The fourth-order valence-electron chi connectivity index (χ4n) is 2.44. The summed E-state index contributed by atoms with van der Waals surface area (Å²) in [5.74, 6) is -0.472. The van der Waals surface area contributed by atoms with Gasteiger partial charge in [0.1, 0.15) is 23.2 Å². The lowest BCUT2D eigenvalue weighted by Gasteiger charge is -2.24. The van der Waals surface area contributed by atoms with Crippen LogP contribution in [0.5, 0.6) is 5.75 Å². The summed E-state index contributed by atoms with van der Waals surface area (Å²) in [5.41, 5.74) is 5.64. The van der Waals surface area contributed by atoms with Crippen LogP contribution in [0.15, 0.2) is 38.2 Å². The lowest BCUT2D eigenvalue weighted by atomic mass is 9.86. The average molecular weight is 331 g/mol. The van der Waals surface area contributed by atoms with Gasteiger partial charge in [-0.25, -0.2) is 4.79 Å². The molecular formula is C14H9N3O5S. The Balaban J connectivity index is 2.27. The number of nitrogens with two attached hydrogens (primary N) is 1. The highest BCUT2D eigenvalue weighted by Gasteiger charge is 2.35. The van der Waals surface area contributed by atoms with Gasteiger partial charge >= 0.3 is 10.6 Å². The number of nitrogens with zero attached hydrogens (tertiary/aromatic N) is 2. The molecule has 0 saturated heterocycles. The number of allylic oxidation sites excluding steroid dienone is 1. The summed E-state index contributed by atoms with van der Waals surface area (Å²) in [7, 11) is 0. The predicted octanol–water partition coefficient (Wildman–Crippen LogP) is 2.14. The molecule has 116 valence electrons. The van der Waals surface area contributed by atoms with Crippen LogP contribution in [0.3, 0.4) is 0 Å². The first kappa shape index (κ1) is 14.8. The van der Waals surface area contributed by atoms with Crippen LogP contribution in [0.1, 0.15) is 22.8 Å². The second kappa shape index (κ2) is 5.26. The van der Waals surface area contributed by atoms with Gasteiger partial charge in [-0.2, -0.15) is 5.26 Å². The first-order valence-corrected chi connectivity index (χ1v) is 7.25. The minimum absolute atomic E-state index is 0.0151. The molecule has 3 rings (SSSR count). The molecule has 0 aliphatic carbocycles. The average Bonchev–Trinajstić information content (AvgIpc) is 2.95. The van der Waals surface area contributed by atoms with Gasteiger partial charge in [0.15, 0.2) is 0 Å². The molecule has 1 unspecified atom stereocenters. The summed E-state index contributed by atoms with van der Waals surface area (Å²) >= 11 is 0.903. The molecular weight excluding hydrogens is 322 g/mol. The summed E-state index contributed by atoms with van der Waals surface area (Å²) in [6.45, 7) is 1.58. The highest BCUT2D eigenvalue weighted by atomic mass is 32.1. The molecule has 3 heterocycles. The molecule has 0 amide bonds. The van der Waals surface area contributed by atoms with Gasteiger partial charge in [-0.1, -0.05) is 11.3 Å². The molecule has 0 fully saturated rings. The third-order valence-electron chi connectivity index (χ3n) is 3.38. The van der Waals surface area contributed by atoms with Crippen LogP contribution >= 0.6 is 11.3 Å². The third-order valence-corrected chi connectivity index (χ3v) is 4.27. The Morgan fingerprint density at radius 2 is 2.22 bits per heavy atom. The quantitative estimate of drug-likeness (QED) is 0.658. The van der Waals surface area contributed by atoms with Gasteiger partial charge in [0.25, 0.3) is 0 Å². The Labute approximate surface area is 133 Å². The number of rotatable bonds is 2. The number of fused-ring (bicyclic) bond motifs is 1. The molecule has 2 aromatic heterocycles. The van der Waals surface area contributed by atoms with Crippen LogP contribution in [0.25, 0.3) is 0 Å². The Morgan fingerprint density at radius 1 is 1.48 bits per heavy atom. The van der Waals surface area contributed by atoms with E-state index in [1.807, 2.05) is 6.07 Å². The van der Waals surface area contributed by atoms with E-state index in [1.54, 1.807) is 6.92 Å². The van der Waals surface area contributed by atoms with Crippen molar-refractivity contribution in [3.05, 3.63) is 66.4 Å². The molecule has 1 atom stereocenters. The Kier molecular flexibility index (Phi) is 3.38. The highest BCUT2D eigenvalue weighted by Crippen LogP contribution is 2.42. The maximum atomic E-state index is 12.2. The van der Waals surface area contributed by atoms with E-state index in [9.17, 15) is 20.2 Å². The molecule has 8 nitrogen and oxygen atoms in total. The van der Waals surface area contributed by atoms with E-state index in [0.717, 1.165) is 11.3 Å². The van der Waals surface area contributed by atoms with Gasteiger partial charge in [-0.05, 0) is 12.5 Å². The van der Waals surface area contributed by atoms with E-state index in [4.69, 9.17) is 14.9 Å². The molecule has 0 bridgehead atoms. The molecule has 0 spiro atoms. The standard InChI is InChI=1S/C14H9N3O5S/c1-6-2-9-12(14(18)21-6)11(8(4-15)13(16)22-9)7-3-10(17(19)20)23-5-7/h2-3,5,11H,16H2,1H3. The Bertz CT molecular complexity index is 950. The lowest BCUT2D eigenvalue weighted by molar-refractivity contribution is -0.380. The minimum atomic E-state index is -0.856. The summed E-state index contributed by atoms with van der Waals surface area (Å²) in [6.07, 6.45) is 0. The zero-order valence-corrected chi connectivity index (χ0v) is 12.5. The van der Waals surface area contributed by atoms with Gasteiger partial charge < -0.3 is 14.9 Å². The number of thiophene rings is 1. The van der Waals surface area contributed by atoms with Crippen LogP contribution in [-0.4, -0.2) is 4.92 Å².